The fraction of sp³-hybridized carbons (Fsp3) is 0.238. The molecule has 2 aromatic heterocycles. The average molecular weight is 408 g/mol. The number of nitrogens with one attached hydrogen (secondary N) is 1. The van der Waals surface area contributed by atoms with Crippen molar-refractivity contribution < 1.29 is 0 Å². The van der Waals surface area contributed by atoms with Crippen LogP contribution in [0.3, 0.4) is 0 Å². The summed E-state index contributed by atoms with van der Waals surface area (Å²) in [6.45, 7) is 2.83. The van der Waals surface area contributed by atoms with Crippen LogP contribution < -0.4 is 11.1 Å². The van der Waals surface area contributed by atoms with E-state index in [2.05, 4.69) is 20.4 Å². The lowest BCUT2D eigenvalue weighted by Gasteiger charge is -2.22. The van der Waals surface area contributed by atoms with Crippen molar-refractivity contribution in [2.45, 2.75) is 26.3 Å². The molecule has 0 unspecified atom stereocenters. The van der Waals surface area contributed by atoms with Crippen LogP contribution in [-0.4, -0.2) is 32.5 Å². The molecular weight excluding hydrogens is 386 g/mol. The Morgan fingerprint density at radius 1 is 1.28 bits per heavy atom. The van der Waals surface area contributed by atoms with Crippen molar-refractivity contribution in [1.82, 2.24) is 19.7 Å². The van der Waals surface area contributed by atoms with E-state index in [0.29, 0.717) is 16.8 Å². The number of allylic oxidation sites excluding steroid dienone is 2. The number of aliphatic imine (C=N–C) groups is 1. The van der Waals surface area contributed by atoms with E-state index in [1.54, 1.807) is 7.05 Å². The summed E-state index contributed by atoms with van der Waals surface area (Å²) in [5.41, 5.74) is 11.4. The first-order valence-electron chi connectivity index (χ1n) is 9.48. The molecule has 8 heteroatoms. The molecule has 3 N–H and O–H groups in total. The van der Waals surface area contributed by atoms with Gasteiger partial charge < -0.3 is 11.1 Å². The molecule has 29 heavy (non-hydrogen) atoms. The van der Waals surface area contributed by atoms with E-state index in [-0.39, 0.29) is 0 Å². The predicted octanol–water partition coefficient (Wildman–Crippen LogP) is 3.83. The molecule has 0 saturated heterocycles. The maximum atomic E-state index is 6.45. The van der Waals surface area contributed by atoms with Crippen LogP contribution in [0.2, 0.25) is 5.02 Å². The third kappa shape index (κ3) is 3.73. The van der Waals surface area contributed by atoms with Gasteiger partial charge in [-0.1, -0.05) is 29.8 Å². The van der Waals surface area contributed by atoms with E-state index in [4.69, 9.17) is 22.3 Å². The molecule has 0 bridgehead atoms. The molecule has 0 amide bonds. The number of aromatic nitrogens is 4. The second-order valence-electron chi connectivity index (χ2n) is 6.70. The van der Waals surface area contributed by atoms with E-state index in [1.807, 2.05) is 54.3 Å². The van der Waals surface area contributed by atoms with Gasteiger partial charge in [-0.2, -0.15) is 5.10 Å². The SMILES string of the molecule is CCn1ccc(Nc2ncc3c(n2)C(C(=NC)c2ccccc2Cl)=C(N)CC3)n1. The fourth-order valence-electron chi connectivity index (χ4n) is 3.42. The lowest BCUT2D eigenvalue weighted by molar-refractivity contribution is 0.662. The van der Waals surface area contributed by atoms with Crippen LogP contribution in [0.1, 0.15) is 30.2 Å². The monoisotopic (exact) mass is 407 g/mol. The van der Waals surface area contributed by atoms with Gasteiger partial charge in [0, 0.05) is 53.9 Å². The number of nitrogens with two attached hydrogens (primary N) is 1. The molecule has 0 spiro atoms. The van der Waals surface area contributed by atoms with Gasteiger partial charge in [0.1, 0.15) is 0 Å². The summed E-state index contributed by atoms with van der Waals surface area (Å²) in [4.78, 5) is 13.7. The molecule has 1 aliphatic carbocycles. The number of benzene rings is 1. The summed E-state index contributed by atoms with van der Waals surface area (Å²) in [7, 11) is 1.74. The minimum absolute atomic E-state index is 0.465. The highest BCUT2D eigenvalue weighted by atomic mass is 35.5. The maximum Gasteiger partial charge on any atom is 0.228 e. The summed E-state index contributed by atoms with van der Waals surface area (Å²) >= 11 is 6.45. The third-order valence-corrected chi connectivity index (χ3v) is 5.21. The molecule has 4 rings (SSSR count). The predicted molar refractivity (Wildman–Crippen MR) is 117 cm³/mol. The second kappa shape index (κ2) is 8.05. The summed E-state index contributed by atoms with van der Waals surface area (Å²) in [6.07, 6.45) is 5.26. The van der Waals surface area contributed by atoms with E-state index in [0.717, 1.165) is 53.2 Å². The Balaban J connectivity index is 1.76. The van der Waals surface area contributed by atoms with Crippen LogP contribution in [0.15, 0.2) is 53.4 Å². The molecule has 0 radical (unpaired) electrons. The first kappa shape index (κ1) is 19.1. The Kier molecular flexibility index (Phi) is 5.31. The standard InChI is InChI=1S/C21H22ClN7/c1-3-29-11-10-17(28-29)26-21-25-12-13-8-9-16(23)18(19(13)27-21)20(24-2)14-6-4-5-7-15(14)22/h4-7,10-12H,3,8-9,23H2,1-2H3,(H,25,26,27,28). The van der Waals surface area contributed by atoms with Crippen LogP contribution in [0.5, 0.6) is 0 Å². The number of halogens is 1. The first-order chi connectivity index (χ1) is 14.1. The van der Waals surface area contributed by atoms with Crippen LogP contribution in [0.4, 0.5) is 11.8 Å². The molecule has 2 heterocycles. The van der Waals surface area contributed by atoms with Crippen molar-refractivity contribution in [3.05, 3.63) is 70.3 Å². The van der Waals surface area contributed by atoms with Gasteiger partial charge in [0.05, 0.1) is 11.4 Å². The second-order valence-corrected chi connectivity index (χ2v) is 7.11. The lowest BCUT2D eigenvalue weighted by atomic mass is 9.88. The van der Waals surface area contributed by atoms with Crippen molar-refractivity contribution in [3.63, 3.8) is 0 Å². The summed E-state index contributed by atoms with van der Waals surface area (Å²) in [5, 5.41) is 8.22. The number of fused-ring (bicyclic) bond motifs is 1. The van der Waals surface area contributed by atoms with Crippen molar-refractivity contribution in [2.75, 3.05) is 12.4 Å². The highest BCUT2D eigenvalue weighted by Gasteiger charge is 2.25. The zero-order valence-corrected chi connectivity index (χ0v) is 17.1. The molecular formula is C21H22ClN7. The molecule has 1 aromatic carbocycles. The largest absolute Gasteiger partial charge is 0.401 e. The average Bonchev–Trinajstić information content (AvgIpc) is 3.19. The number of rotatable bonds is 5. The molecule has 0 fully saturated rings. The van der Waals surface area contributed by atoms with Crippen molar-refractivity contribution in [3.8, 4) is 0 Å². The molecule has 148 valence electrons. The van der Waals surface area contributed by atoms with Gasteiger partial charge >= 0.3 is 0 Å². The van der Waals surface area contributed by atoms with Crippen molar-refractivity contribution in [1.29, 1.82) is 0 Å². The van der Waals surface area contributed by atoms with Gasteiger partial charge in [0.2, 0.25) is 5.95 Å². The zero-order chi connectivity index (χ0) is 20.4. The quantitative estimate of drug-likeness (QED) is 0.627. The highest BCUT2D eigenvalue weighted by Crippen LogP contribution is 2.33. The number of nitrogens with zero attached hydrogens (tertiary/aromatic N) is 5. The van der Waals surface area contributed by atoms with E-state index in [1.165, 1.54) is 0 Å². The minimum Gasteiger partial charge on any atom is -0.401 e. The molecule has 0 saturated carbocycles. The Morgan fingerprint density at radius 2 is 2.10 bits per heavy atom. The normalized spacial score (nSPS) is 14.1. The number of aryl methyl sites for hydroxylation is 2. The topological polar surface area (TPSA) is 94.0 Å². The Hall–Kier alpha value is -3.19. The number of anilines is 2. The Labute approximate surface area is 174 Å². The fourth-order valence-corrected chi connectivity index (χ4v) is 3.64. The molecule has 0 aliphatic heterocycles. The smallest absolute Gasteiger partial charge is 0.228 e. The summed E-state index contributed by atoms with van der Waals surface area (Å²) in [6, 6.07) is 9.51. The van der Waals surface area contributed by atoms with Gasteiger partial charge in [-0.05, 0) is 31.4 Å². The Morgan fingerprint density at radius 3 is 2.83 bits per heavy atom. The first-order valence-corrected chi connectivity index (χ1v) is 9.86. The summed E-state index contributed by atoms with van der Waals surface area (Å²) in [5.74, 6) is 1.16. The minimum atomic E-state index is 0.465. The molecule has 7 nitrogen and oxygen atoms in total. The number of hydrogen-bond donors (Lipinski definition) is 2. The molecule has 3 aromatic rings. The van der Waals surface area contributed by atoms with Gasteiger partial charge in [0.15, 0.2) is 5.82 Å². The van der Waals surface area contributed by atoms with E-state index in [9.17, 15) is 0 Å². The molecule has 1 aliphatic rings. The van der Waals surface area contributed by atoms with Crippen LogP contribution in [0, 0.1) is 0 Å². The maximum absolute atomic E-state index is 6.45. The number of hydrogen-bond acceptors (Lipinski definition) is 6. The van der Waals surface area contributed by atoms with Crippen LogP contribution in [0.25, 0.3) is 5.57 Å². The van der Waals surface area contributed by atoms with Crippen LogP contribution in [-0.2, 0) is 13.0 Å². The van der Waals surface area contributed by atoms with Crippen molar-refractivity contribution in [2.24, 2.45) is 10.7 Å². The van der Waals surface area contributed by atoms with Crippen molar-refractivity contribution >= 4 is 34.7 Å². The summed E-state index contributed by atoms with van der Waals surface area (Å²) < 4.78 is 1.84. The highest BCUT2D eigenvalue weighted by molar-refractivity contribution is 6.40. The zero-order valence-electron chi connectivity index (χ0n) is 16.4. The Bertz CT molecular complexity index is 1110. The van der Waals surface area contributed by atoms with E-state index >= 15 is 0 Å². The third-order valence-electron chi connectivity index (χ3n) is 4.88. The van der Waals surface area contributed by atoms with Gasteiger partial charge in [0.25, 0.3) is 0 Å². The lowest BCUT2D eigenvalue weighted by Crippen LogP contribution is -2.20. The van der Waals surface area contributed by atoms with Crippen LogP contribution >= 0.6 is 11.6 Å². The van der Waals surface area contributed by atoms with Gasteiger partial charge in [-0.15, -0.1) is 0 Å². The van der Waals surface area contributed by atoms with Gasteiger partial charge in [-0.25, -0.2) is 9.97 Å². The molecule has 0 atom stereocenters. The van der Waals surface area contributed by atoms with Gasteiger partial charge in [-0.3, -0.25) is 9.67 Å². The van der Waals surface area contributed by atoms with E-state index < -0.39 is 0 Å².